The Hall–Kier alpha value is -1.49. The second-order valence-electron chi connectivity index (χ2n) is 8.44. The molecule has 2 aromatic rings. The molecular weight excluding hydrogens is 364 g/mol. The fraction of sp³-hybridized carbons (Fsp3) is 0.500. The summed E-state index contributed by atoms with van der Waals surface area (Å²) in [5, 5.41) is 0. The quantitative estimate of drug-likeness (QED) is 0.646. The Kier molecular flexibility index (Phi) is 5.36. The van der Waals surface area contributed by atoms with Crippen LogP contribution >= 0.6 is 11.8 Å². The average molecular weight is 395 g/mol. The van der Waals surface area contributed by atoms with Crippen LogP contribution in [0.1, 0.15) is 55.7 Å². The number of fused-ring (bicyclic) bond motifs is 1. The standard InChI is InChI=1S/C24H30N2OS/c1-27-20-8-10-21(11-9-20)28-22-12-13-23-18(15-22)7-14-24(23)26-16-25(17-26)19-5-3-2-4-6-19/h8-13,15,19,24H,2-7,14,16-17H2,1H3. The molecule has 0 aromatic heterocycles. The van der Waals surface area contributed by atoms with Crippen LogP contribution in [0.15, 0.2) is 52.3 Å². The lowest BCUT2D eigenvalue weighted by atomic mass is 9.93. The van der Waals surface area contributed by atoms with Crippen LogP contribution in [0.2, 0.25) is 0 Å². The number of methoxy groups -OCH3 is 1. The maximum Gasteiger partial charge on any atom is 0.118 e. The predicted octanol–water partition coefficient (Wildman–Crippen LogP) is 5.70. The Labute approximate surface area is 173 Å². The molecule has 3 nitrogen and oxygen atoms in total. The Morgan fingerprint density at radius 3 is 2.36 bits per heavy atom. The van der Waals surface area contributed by atoms with Crippen molar-refractivity contribution >= 4 is 11.8 Å². The van der Waals surface area contributed by atoms with E-state index in [0.717, 1.165) is 11.8 Å². The Bertz CT molecular complexity index is 810. The van der Waals surface area contributed by atoms with E-state index in [1.165, 1.54) is 68.1 Å². The molecule has 1 atom stereocenters. The lowest BCUT2D eigenvalue weighted by Crippen LogP contribution is -2.59. The maximum absolute atomic E-state index is 5.26. The molecule has 2 aromatic carbocycles. The zero-order chi connectivity index (χ0) is 18.9. The van der Waals surface area contributed by atoms with Gasteiger partial charge in [-0.3, -0.25) is 9.80 Å². The highest BCUT2D eigenvalue weighted by Gasteiger charge is 2.38. The van der Waals surface area contributed by atoms with Gasteiger partial charge in [-0.25, -0.2) is 0 Å². The first-order chi connectivity index (χ1) is 13.8. The zero-order valence-corrected chi connectivity index (χ0v) is 17.6. The summed E-state index contributed by atoms with van der Waals surface area (Å²) in [4.78, 5) is 8.01. The van der Waals surface area contributed by atoms with Gasteiger partial charge in [0.05, 0.1) is 20.4 Å². The van der Waals surface area contributed by atoms with Crippen molar-refractivity contribution < 1.29 is 4.74 Å². The van der Waals surface area contributed by atoms with Gasteiger partial charge in [-0.15, -0.1) is 0 Å². The second kappa shape index (κ2) is 8.10. The minimum absolute atomic E-state index is 0.634. The van der Waals surface area contributed by atoms with Crippen molar-refractivity contribution in [3.8, 4) is 5.75 Å². The van der Waals surface area contributed by atoms with Gasteiger partial charge in [0.2, 0.25) is 0 Å². The van der Waals surface area contributed by atoms with Crippen LogP contribution in [0.4, 0.5) is 0 Å². The summed E-state index contributed by atoms with van der Waals surface area (Å²) >= 11 is 1.84. The molecule has 148 valence electrons. The van der Waals surface area contributed by atoms with E-state index in [0.29, 0.717) is 6.04 Å². The summed E-state index contributed by atoms with van der Waals surface area (Å²) in [6.07, 6.45) is 9.65. The molecule has 0 radical (unpaired) electrons. The van der Waals surface area contributed by atoms with Gasteiger partial charge in [-0.2, -0.15) is 0 Å². The van der Waals surface area contributed by atoms with Crippen molar-refractivity contribution in [3.05, 3.63) is 53.6 Å². The molecule has 0 bridgehead atoms. The van der Waals surface area contributed by atoms with Crippen molar-refractivity contribution in [2.24, 2.45) is 0 Å². The summed E-state index contributed by atoms with van der Waals surface area (Å²) in [6.45, 7) is 2.36. The number of hydrogen-bond donors (Lipinski definition) is 0. The van der Waals surface area contributed by atoms with Crippen molar-refractivity contribution in [3.63, 3.8) is 0 Å². The maximum atomic E-state index is 5.26. The molecule has 1 aliphatic heterocycles. The lowest BCUT2D eigenvalue weighted by Gasteiger charge is -2.50. The number of hydrogen-bond acceptors (Lipinski definition) is 4. The molecule has 1 heterocycles. The van der Waals surface area contributed by atoms with Crippen LogP contribution in [0.5, 0.6) is 5.75 Å². The molecule has 2 fully saturated rings. The molecule has 0 N–H and O–H groups in total. The summed E-state index contributed by atoms with van der Waals surface area (Å²) in [7, 11) is 1.71. The smallest absolute Gasteiger partial charge is 0.118 e. The summed E-state index contributed by atoms with van der Waals surface area (Å²) in [6, 6.07) is 17.0. The normalized spacial score (nSPS) is 23.4. The third-order valence-electron chi connectivity index (χ3n) is 6.71. The minimum Gasteiger partial charge on any atom is -0.497 e. The summed E-state index contributed by atoms with van der Waals surface area (Å²) in [5.41, 5.74) is 3.13. The van der Waals surface area contributed by atoms with Crippen molar-refractivity contribution in [1.82, 2.24) is 9.80 Å². The van der Waals surface area contributed by atoms with E-state index < -0.39 is 0 Å². The highest BCUT2D eigenvalue weighted by Crippen LogP contribution is 2.41. The number of nitrogens with zero attached hydrogens (tertiary/aromatic N) is 2. The van der Waals surface area contributed by atoms with Crippen molar-refractivity contribution in [2.45, 2.75) is 66.8 Å². The monoisotopic (exact) mass is 394 g/mol. The van der Waals surface area contributed by atoms with Gasteiger partial charge in [-0.05, 0) is 73.2 Å². The molecular formula is C24H30N2OS. The molecule has 5 rings (SSSR count). The number of aryl methyl sites for hydroxylation is 1. The molecule has 1 saturated carbocycles. The predicted molar refractivity (Wildman–Crippen MR) is 115 cm³/mol. The van der Waals surface area contributed by atoms with Gasteiger partial charge in [0, 0.05) is 21.9 Å². The highest BCUT2D eigenvalue weighted by atomic mass is 32.2. The van der Waals surface area contributed by atoms with Gasteiger partial charge >= 0.3 is 0 Å². The molecule has 0 spiro atoms. The van der Waals surface area contributed by atoms with Crippen LogP contribution in [0.3, 0.4) is 0 Å². The van der Waals surface area contributed by atoms with E-state index in [2.05, 4.69) is 40.1 Å². The van der Waals surface area contributed by atoms with E-state index in [-0.39, 0.29) is 0 Å². The molecule has 2 aliphatic carbocycles. The molecule has 1 saturated heterocycles. The zero-order valence-electron chi connectivity index (χ0n) is 16.8. The highest BCUT2D eigenvalue weighted by molar-refractivity contribution is 7.99. The topological polar surface area (TPSA) is 15.7 Å². The first kappa shape index (κ1) is 18.5. The molecule has 4 heteroatoms. The second-order valence-corrected chi connectivity index (χ2v) is 9.59. The van der Waals surface area contributed by atoms with Crippen LogP contribution in [0, 0.1) is 0 Å². The summed E-state index contributed by atoms with van der Waals surface area (Å²) in [5.74, 6) is 0.915. The van der Waals surface area contributed by atoms with E-state index >= 15 is 0 Å². The molecule has 1 unspecified atom stereocenters. The molecule has 28 heavy (non-hydrogen) atoms. The first-order valence-corrected chi connectivity index (χ1v) is 11.5. The number of rotatable bonds is 5. The average Bonchev–Trinajstić information content (AvgIpc) is 3.11. The SMILES string of the molecule is COc1ccc(Sc2ccc3c(c2)CCC3N2CN(C3CCCCC3)C2)cc1. The van der Waals surface area contributed by atoms with E-state index in [4.69, 9.17) is 4.74 Å². The number of benzene rings is 2. The Morgan fingerprint density at radius 2 is 1.61 bits per heavy atom. The van der Waals surface area contributed by atoms with Gasteiger partial charge in [0.25, 0.3) is 0 Å². The van der Waals surface area contributed by atoms with E-state index in [1.54, 1.807) is 18.2 Å². The van der Waals surface area contributed by atoms with Gasteiger partial charge in [0.15, 0.2) is 0 Å². The van der Waals surface area contributed by atoms with E-state index in [9.17, 15) is 0 Å². The van der Waals surface area contributed by atoms with Crippen LogP contribution in [0.25, 0.3) is 0 Å². The van der Waals surface area contributed by atoms with Crippen LogP contribution in [-0.4, -0.2) is 36.3 Å². The number of ether oxygens (including phenoxy) is 1. The Morgan fingerprint density at radius 1 is 0.857 bits per heavy atom. The van der Waals surface area contributed by atoms with Gasteiger partial charge < -0.3 is 4.74 Å². The van der Waals surface area contributed by atoms with Crippen LogP contribution < -0.4 is 4.74 Å². The van der Waals surface area contributed by atoms with E-state index in [1.807, 2.05) is 23.9 Å². The van der Waals surface area contributed by atoms with Gasteiger partial charge in [-0.1, -0.05) is 37.1 Å². The van der Waals surface area contributed by atoms with Gasteiger partial charge in [0.1, 0.15) is 5.75 Å². The third kappa shape index (κ3) is 3.70. The summed E-state index contributed by atoms with van der Waals surface area (Å²) < 4.78 is 5.26. The fourth-order valence-corrected chi connectivity index (χ4v) is 5.98. The van der Waals surface area contributed by atoms with Crippen LogP contribution in [-0.2, 0) is 6.42 Å². The minimum atomic E-state index is 0.634. The van der Waals surface area contributed by atoms with Crippen molar-refractivity contribution in [1.29, 1.82) is 0 Å². The fourth-order valence-electron chi connectivity index (χ4n) is 5.09. The van der Waals surface area contributed by atoms with Crippen molar-refractivity contribution in [2.75, 3.05) is 20.4 Å². The first-order valence-electron chi connectivity index (χ1n) is 10.7. The third-order valence-corrected chi connectivity index (χ3v) is 7.71. The molecule has 0 amide bonds. The Balaban J connectivity index is 1.22. The largest absolute Gasteiger partial charge is 0.497 e. The lowest BCUT2D eigenvalue weighted by molar-refractivity contribution is -0.0936. The molecule has 3 aliphatic rings.